The van der Waals surface area contributed by atoms with Crippen molar-refractivity contribution < 1.29 is 19.4 Å². The first-order chi connectivity index (χ1) is 8.61. The normalized spacial score (nSPS) is 12.6. The summed E-state index contributed by atoms with van der Waals surface area (Å²) < 4.78 is 10.6. The Morgan fingerprint density at radius 1 is 1.56 bits per heavy atom. The number of hydrogen-bond donors (Lipinski definition) is 1. The predicted molar refractivity (Wildman–Crippen MR) is 67.5 cm³/mol. The van der Waals surface area contributed by atoms with Gasteiger partial charge in [-0.15, -0.1) is 0 Å². The van der Waals surface area contributed by atoms with Crippen LogP contribution in [0.4, 0.5) is 0 Å². The van der Waals surface area contributed by atoms with E-state index in [9.17, 15) is 4.79 Å². The van der Waals surface area contributed by atoms with E-state index >= 15 is 0 Å². The number of carboxylic acids is 1. The van der Waals surface area contributed by atoms with Crippen LogP contribution in [0.1, 0.15) is 19.0 Å². The van der Waals surface area contributed by atoms with Gasteiger partial charge in [-0.2, -0.15) is 0 Å². The topological polar surface area (TPSA) is 68.7 Å². The van der Waals surface area contributed by atoms with Crippen LogP contribution in [0.5, 0.6) is 5.75 Å². The number of nitrogens with zero attached hydrogens (tertiary/aromatic N) is 1. The first-order valence-electron chi connectivity index (χ1n) is 5.64. The molecule has 0 saturated carbocycles. The SMILES string of the molecule is COCCC(C)Oc1ccc(/C=C/C(=O)O)nc1. The summed E-state index contributed by atoms with van der Waals surface area (Å²) in [6.45, 7) is 2.60. The number of aliphatic carboxylic acids is 1. The Labute approximate surface area is 106 Å². The Hall–Kier alpha value is -1.88. The van der Waals surface area contributed by atoms with Crippen molar-refractivity contribution in [2.45, 2.75) is 19.4 Å². The molecule has 1 atom stereocenters. The fraction of sp³-hybridized carbons (Fsp3) is 0.385. The third kappa shape index (κ3) is 5.45. The minimum Gasteiger partial charge on any atom is -0.489 e. The van der Waals surface area contributed by atoms with Gasteiger partial charge in [0.05, 0.1) is 18.0 Å². The highest BCUT2D eigenvalue weighted by molar-refractivity contribution is 5.84. The number of aromatic nitrogens is 1. The number of carbonyl (C=O) groups is 1. The van der Waals surface area contributed by atoms with E-state index in [1.165, 1.54) is 6.08 Å². The first-order valence-corrected chi connectivity index (χ1v) is 5.64. The Kier molecular flexibility index (Phi) is 5.87. The Morgan fingerprint density at radius 2 is 2.33 bits per heavy atom. The lowest BCUT2D eigenvalue weighted by Gasteiger charge is -2.13. The maximum atomic E-state index is 10.3. The lowest BCUT2D eigenvalue weighted by molar-refractivity contribution is -0.131. The number of methoxy groups -OCH3 is 1. The summed E-state index contributed by atoms with van der Waals surface area (Å²) in [5, 5.41) is 8.48. The van der Waals surface area contributed by atoms with Gasteiger partial charge in [-0.25, -0.2) is 4.79 Å². The van der Waals surface area contributed by atoms with Crippen molar-refractivity contribution in [2.75, 3.05) is 13.7 Å². The van der Waals surface area contributed by atoms with Crippen LogP contribution in [0.2, 0.25) is 0 Å². The third-order valence-electron chi connectivity index (χ3n) is 2.22. The van der Waals surface area contributed by atoms with Crippen molar-refractivity contribution >= 4 is 12.0 Å². The van der Waals surface area contributed by atoms with Gasteiger partial charge >= 0.3 is 5.97 Å². The maximum Gasteiger partial charge on any atom is 0.328 e. The van der Waals surface area contributed by atoms with Gasteiger partial charge in [-0.05, 0) is 25.1 Å². The van der Waals surface area contributed by atoms with Crippen molar-refractivity contribution in [1.29, 1.82) is 0 Å². The predicted octanol–water partition coefficient (Wildman–Crippen LogP) is 1.98. The molecule has 0 amide bonds. The van der Waals surface area contributed by atoms with Crippen LogP contribution in [0, 0.1) is 0 Å². The second kappa shape index (κ2) is 7.45. The summed E-state index contributed by atoms with van der Waals surface area (Å²) in [6, 6.07) is 3.47. The molecular weight excluding hydrogens is 234 g/mol. The molecular formula is C13H17NO4. The zero-order valence-corrected chi connectivity index (χ0v) is 10.5. The number of carboxylic acid groups (broad SMARTS) is 1. The monoisotopic (exact) mass is 251 g/mol. The van der Waals surface area contributed by atoms with Gasteiger partial charge in [0.1, 0.15) is 5.75 Å². The molecule has 1 aromatic rings. The van der Waals surface area contributed by atoms with Crippen LogP contribution in [0.3, 0.4) is 0 Å². The molecule has 0 saturated heterocycles. The molecule has 5 nitrogen and oxygen atoms in total. The number of hydrogen-bond acceptors (Lipinski definition) is 4. The highest BCUT2D eigenvalue weighted by Crippen LogP contribution is 2.13. The van der Waals surface area contributed by atoms with Crippen LogP contribution >= 0.6 is 0 Å². The summed E-state index contributed by atoms with van der Waals surface area (Å²) in [5.74, 6) is -0.337. The van der Waals surface area contributed by atoms with E-state index in [0.717, 1.165) is 12.5 Å². The van der Waals surface area contributed by atoms with E-state index in [1.54, 1.807) is 25.4 Å². The van der Waals surface area contributed by atoms with E-state index in [4.69, 9.17) is 14.6 Å². The minimum absolute atomic E-state index is 0.0483. The Balaban J connectivity index is 2.52. The Bertz CT molecular complexity index is 400. The lowest BCUT2D eigenvalue weighted by Crippen LogP contribution is -2.14. The van der Waals surface area contributed by atoms with E-state index in [0.29, 0.717) is 18.1 Å². The standard InChI is InChI=1S/C13H17NO4/c1-10(7-8-17-2)18-12-5-3-11(14-9-12)4-6-13(15)16/h3-6,9-10H,7-8H2,1-2H3,(H,15,16)/b6-4+. The summed E-state index contributed by atoms with van der Waals surface area (Å²) in [7, 11) is 1.65. The molecule has 0 aliphatic heterocycles. The maximum absolute atomic E-state index is 10.3. The second-order valence-electron chi connectivity index (χ2n) is 3.80. The van der Waals surface area contributed by atoms with Crippen LogP contribution in [-0.2, 0) is 9.53 Å². The van der Waals surface area contributed by atoms with Gasteiger partial charge in [-0.3, -0.25) is 4.98 Å². The van der Waals surface area contributed by atoms with Gasteiger partial charge in [0.25, 0.3) is 0 Å². The van der Waals surface area contributed by atoms with Crippen molar-refractivity contribution in [3.05, 3.63) is 30.1 Å². The lowest BCUT2D eigenvalue weighted by atomic mass is 10.3. The Morgan fingerprint density at radius 3 is 2.89 bits per heavy atom. The molecule has 0 aliphatic rings. The zero-order chi connectivity index (χ0) is 13.4. The largest absolute Gasteiger partial charge is 0.489 e. The van der Waals surface area contributed by atoms with Crippen molar-refractivity contribution in [3.63, 3.8) is 0 Å². The van der Waals surface area contributed by atoms with E-state index < -0.39 is 5.97 Å². The van der Waals surface area contributed by atoms with Crippen LogP contribution in [0.15, 0.2) is 24.4 Å². The molecule has 1 rings (SSSR count). The van der Waals surface area contributed by atoms with Crippen molar-refractivity contribution in [1.82, 2.24) is 4.98 Å². The second-order valence-corrected chi connectivity index (χ2v) is 3.80. The van der Waals surface area contributed by atoms with E-state index in [1.807, 2.05) is 6.92 Å². The highest BCUT2D eigenvalue weighted by atomic mass is 16.5. The number of pyridine rings is 1. The van der Waals surface area contributed by atoms with Crippen LogP contribution in [-0.4, -0.2) is 35.9 Å². The molecule has 5 heteroatoms. The average molecular weight is 251 g/mol. The first kappa shape index (κ1) is 14.2. The number of ether oxygens (including phenoxy) is 2. The van der Waals surface area contributed by atoms with Crippen LogP contribution < -0.4 is 4.74 Å². The molecule has 0 aliphatic carbocycles. The molecule has 18 heavy (non-hydrogen) atoms. The molecule has 0 radical (unpaired) electrons. The molecule has 1 N–H and O–H groups in total. The molecule has 98 valence electrons. The van der Waals surface area contributed by atoms with Crippen LogP contribution in [0.25, 0.3) is 6.08 Å². The van der Waals surface area contributed by atoms with E-state index in [-0.39, 0.29) is 6.10 Å². The molecule has 1 aromatic heterocycles. The average Bonchev–Trinajstić information content (AvgIpc) is 2.35. The van der Waals surface area contributed by atoms with Gasteiger partial charge in [0.15, 0.2) is 0 Å². The summed E-state index contributed by atoms with van der Waals surface area (Å²) >= 11 is 0. The third-order valence-corrected chi connectivity index (χ3v) is 2.22. The van der Waals surface area contributed by atoms with Gasteiger partial charge in [0.2, 0.25) is 0 Å². The highest BCUT2D eigenvalue weighted by Gasteiger charge is 2.03. The fourth-order valence-electron chi connectivity index (χ4n) is 1.29. The molecule has 0 aromatic carbocycles. The van der Waals surface area contributed by atoms with Gasteiger partial charge < -0.3 is 14.6 Å². The minimum atomic E-state index is -0.995. The van der Waals surface area contributed by atoms with E-state index in [2.05, 4.69) is 4.98 Å². The molecule has 0 fully saturated rings. The summed E-state index contributed by atoms with van der Waals surface area (Å²) in [4.78, 5) is 14.4. The zero-order valence-electron chi connectivity index (χ0n) is 10.5. The smallest absolute Gasteiger partial charge is 0.328 e. The summed E-state index contributed by atoms with van der Waals surface area (Å²) in [5.41, 5.74) is 0.578. The number of rotatable bonds is 7. The summed E-state index contributed by atoms with van der Waals surface area (Å²) in [6.07, 6.45) is 4.90. The molecule has 1 heterocycles. The quantitative estimate of drug-likeness (QED) is 0.750. The fourth-order valence-corrected chi connectivity index (χ4v) is 1.29. The molecule has 1 unspecified atom stereocenters. The molecule has 0 spiro atoms. The van der Waals surface area contributed by atoms with Gasteiger partial charge in [-0.1, -0.05) is 0 Å². The van der Waals surface area contributed by atoms with Crippen molar-refractivity contribution in [3.8, 4) is 5.75 Å². The molecule has 0 bridgehead atoms. The van der Waals surface area contributed by atoms with Gasteiger partial charge in [0, 0.05) is 26.2 Å². The van der Waals surface area contributed by atoms with Crippen molar-refractivity contribution in [2.24, 2.45) is 0 Å².